The molecule has 2 bridgehead atoms. The van der Waals surface area contributed by atoms with E-state index in [1.807, 2.05) is 26.0 Å². The number of cyclic esters (lactones) is 2. The summed E-state index contributed by atoms with van der Waals surface area (Å²) in [6.07, 6.45) is 9.80. The number of carbonyl (C=O) groups is 2. The van der Waals surface area contributed by atoms with Crippen molar-refractivity contribution in [3.63, 3.8) is 0 Å². The molecule has 2 fully saturated rings. The highest BCUT2D eigenvalue weighted by Crippen LogP contribution is 2.68. The van der Waals surface area contributed by atoms with E-state index < -0.39 is 5.41 Å². The Bertz CT molecular complexity index is 809. The highest BCUT2D eigenvalue weighted by Gasteiger charge is 2.66. The first-order chi connectivity index (χ1) is 11.6. The van der Waals surface area contributed by atoms with Gasteiger partial charge in [0.25, 0.3) is 0 Å². The molecule has 24 heavy (non-hydrogen) atoms. The van der Waals surface area contributed by atoms with Crippen molar-refractivity contribution in [2.75, 3.05) is 0 Å². The fourth-order valence-electron chi connectivity index (χ4n) is 5.90. The van der Waals surface area contributed by atoms with E-state index in [2.05, 4.69) is 6.08 Å². The van der Waals surface area contributed by atoms with Gasteiger partial charge in [-0.15, -0.1) is 0 Å². The first kappa shape index (κ1) is 14.3. The average Bonchev–Trinajstić information content (AvgIpc) is 3.10. The third-order valence-corrected chi connectivity index (χ3v) is 6.71. The number of fused-ring (bicyclic) bond motifs is 1. The first-order valence-electron chi connectivity index (χ1n) is 8.85. The van der Waals surface area contributed by atoms with E-state index in [1.165, 1.54) is 0 Å². The Labute approximate surface area is 140 Å². The molecule has 0 aromatic rings. The van der Waals surface area contributed by atoms with E-state index in [0.717, 1.165) is 48.2 Å². The van der Waals surface area contributed by atoms with Gasteiger partial charge in [0, 0.05) is 22.6 Å². The summed E-state index contributed by atoms with van der Waals surface area (Å²) in [7, 11) is 0. The molecule has 0 amide bonds. The van der Waals surface area contributed by atoms with E-state index in [0.29, 0.717) is 17.6 Å². The summed E-state index contributed by atoms with van der Waals surface area (Å²) in [6.45, 7) is 3.82. The monoisotopic (exact) mass is 324 g/mol. The average molecular weight is 324 g/mol. The molecule has 0 N–H and O–H groups in total. The van der Waals surface area contributed by atoms with Crippen molar-refractivity contribution in [2.24, 2.45) is 23.2 Å². The van der Waals surface area contributed by atoms with E-state index >= 15 is 0 Å². The smallest absolute Gasteiger partial charge is 0.340 e. The third-order valence-electron chi connectivity index (χ3n) is 6.71. The SMILES string of the molecule is C/C=C1\OC(=O)C2=C1CCC1C3C=C4C(=O)O/C(=C\C)[C@@]4(CC3)[C@H]21. The van der Waals surface area contributed by atoms with Gasteiger partial charge < -0.3 is 9.47 Å². The number of hydrogen-bond donors (Lipinski definition) is 0. The largest absolute Gasteiger partial charge is 0.427 e. The zero-order valence-corrected chi connectivity index (χ0v) is 13.9. The molecule has 2 unspecified atom stereocenters. The second-order valence-corrected chi connectivity index (χ2v) is 7.41. The fourth-order valence-corrected chi connectivity index (χ4v) is 5.90. The molecular weight excluding hydrogens is 304 g/mol. The lowest BCUT2D eigenvalue weighted by Crippen LogP contribution is -2.50. The van der Waals surface area contributed by atoms with Gasteiger partial charge in [-0.05, 0) is 63.5 Å². The van der Waals surface area contributed by atoms with Crippen LogP contribution < -0.4 is 0 Å². The van der Waals surface area contributed by atoms with Crippen LogP contribution in [0.15, 0.2) is 46.5 Å². The van der Waals surface area contributed by atoms with E-state index in [-0.39, 0.29) is 17.9 Å². The Hall–Kier alpha value is -2.10. The van der Waals surface area contributed by atoms with E-state index in [4.69, 9.17) is 9.47 Å². The predicted molar refractivity (Wildman–Crippen MR) is 86.2 cm³/mol. The molecule has 2 aliphatic heterocycles. The lowest BCUT2D eigenvalue weighted by Gasteiger charge is -2.54. The summed E-state index contributed by atoms with van der Waals surface area (Å²) in [5.41, 5.74) is 2.20. The number of rotatable bonds is 0. The van der Waals surface area contributed by atoms with Crippen LogP contribution in [0.25, 0.3) is 0 Å². The second-order valence-electron chi connectivity index (χ2n) is 7.41. The zero-order chi connectivity index (χ0) is 16.6. The van der Waals surface area contributed by atoms with Crippen LogP contribution in [0.2, 0.25) is 0 Å². The number of carbonyl (C=O) groups excluding carboxylic acids is 2. The molecule has 4 aliphatic carbocycles. The van der Waals surface area contributed by atoms with E-state index in [1.54, 1.807) is 0 Å². The van der Waals surface area contributed by atoms with E-state index in [9.17, 15) is 9.59 Å². The molecule has 124 valence electrons. The molecule has 6 rings (SSSR count). The molecule has 2 heterocycles. The van der Waals surface area contributed by atoms with Crippen molar-refractivity contribution in [1.82, 2.24) is 0 Å². The molecule has 0 radical (unpaired) electrons. The quantitative estimate of drug-likeness (QED) is 0.639. The van der Waals surface area contributed by atoms with Crippen LogP contribution in [-0.2, 0) is 19.1 Å². The fraction of sp³-hybridized carbons (Fsp3) is 0.500. The summed E-state index contributed by atoms with van der Waals surface area (Å²) in [6, 6.07) is 0. The first-order valence-corrected chi connectivity index (χ1v) is 8.85. The van der Waals surface area contributed by atoms with Crippen molar-refractivity contribution in [3.8, 4) is 0 Å². The lowest BCUT2D eigenvalue weighted by atomic mass is 9.47. The minimum atomic E-state index is -0.450. The van der Waals surface area contributed by atoms with Crippen LogP contribution in [0.3, 0.4) is 0 Å². The molecule has 4 nitrogen and oxygen atoms in total. The summed E-state index contributed by atoms with van der Waals surface area (Å²) in [5, 5.41) is 0. The van der Waals surface area contributed by atoms with Gasteiger partial charge in [0.15, 0.2) is 0 Å². The van der Waals surface area contributed by atoms with Crippen molar-refractivity contribution in [2.45, 2.75) is 39.5 Å². The summed E-state index contributed by atoms with van der Waals surface area (Å²) >= 11 is 0. The topological polar surface area (TPSA) is 52.6 Å². The van der Waals surface area contributed by atoms with Crippen LogP contribution in [0.5, 0.6) is 0 Å². The molecule has 1 spiro atoms. The van der Waals surface area contributed by atoms with Gasteiger partial charge in [-0.1, -0.05) is 6.08 Å². The van der Waals surface area contributed by atoms with Crippen molar-refractivity contribution in [1.29, 1.82) is 0 Å². The van der Waals surface area contributed by atoms with Gasteiger partial charge in [0.2, 0.25) is 0 Å². The Morgan fingerprint density at radius 2 is 1.96 bits per heavy atom. The summed E-state index contributed by atoms with van der Waals surface area (Å²) in [5.74, 6) is 1.79. The van der Waals surface area contributed by atoms with Gasteiger partial charge >= 0.3 is 11.9 Å². The molecule has 4 heteroatoms. The highest BCUT2D eigenvalue weighted by atomic mass is 16.5. The zero-order valence-electron chi connectivity index (χ0n) is 13.9. The maximum absolute atomic E-state index is 12.7. The molecule has 1 saturated heterocycles. The van der Waals surface area contributed by atoms with Crippen LogP contribution in [-0.4, -0.2) is 11.9 Å². The minimum absolute atomic E-state index is 0.0163. The maximum Gasteiger partial charge on any atom is 0.340 e. The Morgan fingerprint density at radius 1 is 1.12 bits per heavy atom. The lowest BCUT2D eigenvalue weighted by molar-refractivity contribution is -0.135. The van der Waals surface area contributed by atoms with Gasteiger partial charge in [0.1, 0.15) is 11.5 Å². The van der Waals surface area contributed by atoms with Gasteiger partial charge in [-0.3, -0.25) is 0 Å². The Balaban J connectivity index is 1.78. The van der Waals surface area contributed by atoms with Crippen molar-refractivity contribution < 1.29 is 19.1 Å². The van der Waals surface area contributed by atoms with Gasteiger partial charge in [-0.25, -0.2) is 9.59 Å². The normalized spacial score (nSPS) is 42.8. The highest BCUT2D eigenvalue weighted by molar-refractivity contribution is 5.99. The second kappa shape index (κ2) is 4.50. The molecule has 0 aromatic carbocycles. The molecule has 4 atom stereocenters. The number of ether oxygens (including phenoxy) is 2. The maximum atomic E-state index is 12.7. The Kier molecular flexibility index (Phi) is 2.67. The molecule has 0 aromatic heterocycles. The standard InChI is InChI=1S/C20H20O4/c1-3-14-12-6-5-11-10-7-8-20(17(11)16(12)19(22)23-14)13(9-10)18(21)24-15(20)4-2/h3-4,9-11,17H,5-8H2,1-2H3/b14-3-,15-4-/t10?,11?,17-,20-/m0/s1. The molecular formula is C20H20O4. The van der Waals surface area contributed by atoms with Crippen molar-refractivity contribution >= 4 is 11.9 Å². The summed E-state index contributed by atoms with van der Waals surface area (Å²) in [4.78, 5) is 25.1. The summed E-state index contributed by atoms with van der Waals surface area (Å²) < 4.78 is 11.2. The van der Waals surface area contributed by atoms with Crippen LogP contribution in [0.4, 0.5) is 0 Å². The Morgan fingerprint density at radius 3 is 2.71 bits per heavy atom. The number of hydrogen-bond acceptors (Lipinski definition) is 4. The van der Waals surface area contributed by atoms with Crippen molar-refractivity contribution in [3.05, 3.63) is 46.5 Å². The predicted octanol–water partition coefficient (Wildman–Crippen LogP) is 3.57. The third kappa shape index (κ3) is 1.41. The molecule has 6 aliphatic rings. The van der Waals surface area contributed by atoms with Crippen LogP contribution in [0, 0.1) is 23.2 Å². The number of allylic oxidation sites excluding steroid dienone is 5. The molecule has 1 saturated carbocycles. The van der Waals surface area contributed by atoms with Gasteiger partial charge in [-0.2, -0.15) is 0 Å². The van der Waals surface area contributed by atoms with Gasteiger partial charge in [0.05, 0.1) is 5.41 Å². The minimum Gasteiger partial charge on any atom is -0.427 e. The van der Waals surface area contributed by atoms with Crippen LogP contribution >= 0.6 is 0 Å². The number of esters is 2. The van der Waals surface area contributed by atoms with Crippen LogP contribution in [0.1, 0.15) is 39.5 Å².